The summed E-state index contributed by atoms with van der Waals surface area (Å²) in [6.45, 7) is 7.11. The Hall–Kier alpha value is -1.23. The zero-order valence-corrected chi connectivity index (χ0v) is 12.6. The van der Waals surface area contributed by atoms with E-state index in [9.17, 15) is 10.1 Å². The van der Waals surface area contributed by atoms with Crippen molar-refractivity contribution >= 4 is 23.1 Å². The van der Waals surface area contributed by atoms with Gasteiger partial charge in [-0.3, -0.25) is 10.1 Å². The van der Waals surface area contributed by atoms with E-state index in [2.05, 4.69) is 19.2 Å². The molecule has 0 atom stereocenters. The Morgan fingerprint density at radius 3 is 2.74 bits per heavy atom. The molecular weight excluding hydrogens is 260 g/mol. The molecule has 1 rings (SSSR count). The normalized spacial score (nSPS) is 10.7. The van der Waals surface area contributed by atoms with Gasteiger partial charge in [-0.1, -0.05) is 26.8 Å². The zero-order valence-electron chi connectivity index (χ0n) is 11.8. The summed E-state index contributed by atoms with van der Waals surface area (Å²) in [6.07, 6.45) is 2.01. The lowest BCUT2D eigenvalue weighted by Crippen LogP contribution is -2.04. The Bertz CT molecular complexity index is 422. The van der Waals surface area contributed by atoms with Crippen molar-refractivity contribution < 1.29 is 4.92 Å². The number of nitro benzene ring substituents is 1. The molecule has 0 aliphatic heterocycles. The first kappa shape index (κ1) is 15.8. The molecule has 4 nitrogen and oxygen atoms in total. The average Bonchev–Trinajstić information content (AvgIpc) is 2.35. The summed E-state index contributed by atoms with van der Waals surface area (Å²) in [7, 11) is 0. The maximum atomic E-state index is 11.3. The van der Waals surface area contributed by atoms with Crippen LogP contribution in [0.15, 0.2) is 23.1 Å². The van der Waals surface area contributed by atoms with Crippen LogP contribution in [0.1, 0.15) is 33.6 Å². The Balaban J connectivity index is 2.86. The number of nitro groups is 1. The summed E-state index contributed by atoms with van der Waals surface area (Å²) in [5.41, 5.74) is 0.839. The largest absolute Gasteiger partial charge is 0.379 e. The third-order valence-corrected chi connectivity index (χ3v) is 3.78. The van der Waals surface area contributed by atoms with Crippen LogP contribution in [0.3, 0.4) is 0 Å². The van der Waals surface area contributed by atoms with Gasteiger partial charge in [-0.25, -0.2) is 0 Å². The zero-order chi connectivity index (χ0) is 14.3. The highest BCUT2D eigenvalue weighted by Gasteiger charge is 2.19. The van der Waals surface area contributed by atoms with Gasteiger partial charge in [0.05, 0.1) is 9.82 Å². The second kappa shape index (κ2) is 8.04. The molecule has 5 heteroatoms. The van der Waals surface area contributed by atoms with Crippen molar-refractivity contribution in [3.05, 3.63) is 28.3 Å². The number of para-hydroxylation sites is 1. The van der Waals surface area contributed by atoms with Crippen LogP contribution in [0.4, 0.5) is 11.4 Å². The van der Waals surface area contributed by atoms with E-state index in [0.717, 1.165) is 30.0 Å². The molecule has 1 N–H and O–H groups in total. The van der Waals surface area contributed by atoms with Crippen molar-refractivity contribution in [2.24, 2.45) is 5.92 Å². The van der Waals surface area contributed by atoms with Crippen LogP contribution in [0.5, 0.6) is 0 Å². The molecule has 0 unspecified atom stereocenters. The fourth-order valence-electron chi connectivity index (χ4n) is 1.63. The van der Waals surface area contributed by atoms with Crippen LogP contribution in [0, 0.1) is 16.0 Å². The molecule has 0 bridgehead atoms. The highest BCUT2D eigenvalue weighted by molar-refractivity contribution is 7.99. The number of hydrogen-bond acceptors (Lipinski definition) is 4. The molecule has 0 saturated carbocycles. The molecule has 1 aromatic carbocycles. The molecule has 0 aromatic heterocycles. The van der Waals surface area contributed by atoms with Gasteiger partial charge in [0.25, 0.3) is 0 Å². The Morgan fingerprint density at radius 1 is 1.42 bits per heavy atom. The van der Waals surface area contributed by atoms with Crippen LogP contribution in [-0.4, -0.2) is 17.2 Å². The molecule has 0 fully saturated rings. The van der Waals surface area contributed by atoms with Crippen molar-refractivity contribution in [3.63, 3.8) is 0 Å². The van der Waals surface area contributed by atoms with E-state index < -0.39 is 0 Å². The second-order valence-corrected chi connectivity index (χ2v) is 6.00. The lowest BCUT2D eigenvalue weighted by molar-refractivity contribution is -0.386. The standard InChI is InChI=1S/C14H22N2O2S/c1-4-9-15-12-6-5-7-13(14(12)16(17)18)19-10-8-11(2)3/h5-7,11,15H,4,8-10H2,1-3H3. The second-order valence-electron chi connectivity index (χ2n) is 4.87. The summed E-state index contributed by atoms with van der Waals surface area (Å²) in [6, 6.07) is 5.49. The number of anilines is 1. The third-order valence-electron chi connectivity index (χ3n) is 2.70. The van der Waals surface area contributed by atoms with Crippen LogP contribution in [0.25, 0.3) is 0 Å². The van der Waals surface area contributed by atoms with E-state index >= 15 is 0 Å². The summed E-state index contributed by atoms with van der Waals surface area (Å²) < 4.78 is 0. The summed E-state index contributed by atoms with van der Waals surface area (Å²) in [5, 5.41) is 14.4. The fraction of sp³-hybridized carbons (Fsp3) is 0.571. The van der Waals surface area contributed by atoms with Crippen molar-refractivity contribution in [1.29, 1.82) is 0 Å². The Kier molecular flexibility index (Phi) is 6.70. The van der Waals surface area contributed by atoms with Gasteiger partial charge in [-0.15, -0.1) is 11.8 Å². The summed E-state index contributed by atoms with van der Waals surface area (Å²) >= 11 is 1.57. The number of thioether (sulfide) groups is 1. The third kappa shape index (κ3) is 5.11. The smallest absolute Gasteiger partial charge is 0.305 e. The van der Waals surface area contributed by atoms with Gasteiger partial charge < -0.3 is 5.32 Å². The number of benzene rings is 1. The Labute approximate surface area is 119 Å². The van der Waals surface area contributed by atoms with Crippen molar-refractivity contribution in [2.45, 2.75) is 38.5 Å². The summed E-state index contributed by atoms with van der Waals surface area (Å²) in [5.74, 6) is 1.53. The number of rotatable bonds is 8. The van der Waals surface area contributed by atoms with Gasteiger partial charge in [-0.05, 0) is 36.6 Å². The van der Waals surface area contributed by atoms with Gasteiger partial charge in [0.1, 0.15) is 5.69 Å². The first-order valence-electron chi connectivity index (χ1n) is 6.70. The van der Waals surface area contributed by atoms with Gasteiger partial charge in [0.2, 0.25) is 0 Å². The molecule has 0 amide bonds. The van der Waals surface area contributed by atoms with Crippen LogP contribution in [-0.2, 0) is 0 Å². The number of hydrogen-bond donors (Lipinski definition) is 1. The van der Waals surface area contributed by atoms with E-state index in [1.54, 1.807) is 17.8 Å². The molecule has 1 aromatic rings. The lowest BCUT2D eigenvalue weighted by atomic mass is 10.2. The van der Waals surface area contributed by atoms with Crippen molar-refractivity contribution in [3.8, 4) is 0 Å². The highest BCUT2D eigenvalue weighted by atomic mass is 32.2. The molecule has 0 aliphatic carbocycles. The minimum Gasteiger partial charge on any atom is -0.379 e. The van der Waals surface area contributed by atoms with Crippen LogP contribution < -0.4 is 5.32 Å². The monoisotopic (exact) mass is 282 g/mol. The topological polar surface area (TPSA) is 55.2 Å². The van der Waals surface area contributed by atoms with Gasteiger partial charge in [-0.2, -0.15) is 0 Å². The van der Waals surface area contributed by atoms with E-state index in [-0.39, 0.29) is 10.6 Å². The minimum atomic E-state index is -0.282. The molecule has 0 radical (unpaired) electrons. The first-order chi connectivity index (χ1) is 9.06. The predicted octanol–water partition coefficient (Wildman–Crippen LogP) is 4.55. The number of nitrogens with one attached hydrogen (secondary N) is 1. The molecule has 0 aliphatic rings. The average molecular weight is 282 g/mol. The quantitative estimate of drug-likeness (QED) is 0.431. The maximum Gasteiger partial charge on any atom is 0.305 e. The van der Waals surface area contributed by atoms with Gasteiger partial charge in [0, 0.05) is 6.54 Å². The Morgan fingerprint density at radius 2 is 2.16 bits per heavy atom. The predicted molar refractivity (Wildman–Crippen MR) is 82.1 cm³/mol. The van der Waals surface area contributed by atoms with Crippen LogP contribution in [0.2, 0.25) is 0 Å². The fourth-order valence-corrected chi connectivity index (χ4v) is 2.94. The van der Waals surface area contributed by atoms with Crippen molar-refractivity contribution in [2.75, 3.05) is 17.6 Å². The molecule has 0 saturated heterocycles. The molecule has 0 heterocycles. The van der Waals surface area contributed by atoms with E-state index in [0.29, 0.717) is 11.6 Å². The maximum absolute atomic E-state index is 11.3. The van der Waals surface area contributed by atoms with E-state index in [1.165, 1.54) is 0 Å². The molecular formula is C14H22N2O2S. The van der Waals surface area contributed by atoms with Gasteiger partial charge >= 0.3 is 5.69 Å². The number of nitrogens with zero attached hydrogens (tertiary/aromatic N) is 1. The highest BCUT2D eigenvalue weighted by Crippen LogP contribution is 2.36. The van der Waals surface area contributed by atoms with E-state index in [1.807, 2.05) is 19.1 Å². The SMILES string of the molecule is CCCNc1cccc(SCCC(C)C)c1[N+](=O)[O-]. The molecule has 0 spiro atoms. The van der Waals surface area contributed by atoms with E-state index in [4.69, 9.17) is 0 Å². The lowest BCUT2D eigenvalue weighted by Gasteiger charge is -2.10. The summed E-state index contributed by atoms with van der Waals surface area (Å²) in [4.78, 5) is 11.7. The van der Waals surface area contributed by atoms with Crippen LogP contribution >= 0.6 is 11.8 Å². The first-order valence-corrected chi connectivity index (χ1v) is 7.68. The van der Waals surface area contributed by atoms with Gasteiger partial charge in [0.15, 0.2) is 0 Å². The molecule has 106 valence electrons. The molecule has 19 heavy (non-hydrogen) atoms. The van der Waals surface area contributed by atoms with Crippen molar-refractivity contribution in [1.82, 2.24) is 0 Å². The minimum absolute atomic E-state index is 0.213.